The van der Waals surface area contributed by atoms with Crippen molar-refractivity contribution >= 4 is 57.2 Å². The van der Waals surface area contributed by atoms with Gasteiger partial charge in [-0.25, -0.2) is 26.9 Å². The smallest absolute Gasteiger partial charge is 0.249 e. The molecule has 6 rings (SSSR count). The van der Waals surface area contributed by atoms with Crippen LogP contribution in [0.2, 0.25) is 5.02 Å². The van der Waals surface area contributed by atoms with Crippen LogP contribution in [0.1, 0.15) is 22.9 Å². The lowest BCUT2D eigenvalue weighted by atomic mass is 9.69. The van der Waals surface area contributed by atoms with Crippen LogP contribution < -0.4 is 10.6 Å². The number of nitrogens with zero attached hydrogens (tertiary/aromatic N) is 6. The number of nitrogens with one attached hydrogen (secondary N) is 2. The molecule has 43 heavy (non-hydrogen) atoms. The van der Waals surface area contributed by atoms with Crippen molar-refractivity contribution in [1.29, 1.82) is 5.26 Å². The summed E-state index contributed by atoms with van der Waals surface area (Å²) >= 11 is 6.60. The average Bonchev–Trinajstić information content (AvgIpc) is 3.45. The van der Waals surface area contributed by atoms with Gasteiger partial charge >= 0.3 is 0 Å². The summed E-state index contributed by atoms with van der Waals surface area (Å²) < 4.78 is 66.0. The molecule has 1 atom stereocenters. The van der Waals surface area contributed by atoms with Crippen molar-refractivity contribution < 1.29 is 21.6 Å². The topological polar surface area (TPSA) is 138 Å². The summed E-state index contributed by atoms with van der Waals surface area (Å²) in [4.78, 5) is 7.65. The van der Waals surface area contributed by atoms with Crippen molar-refractivity contribution in [3.05, 3.63) is 100 Å². The number of anilines is 3. The number of hydrogen-bond acceptors (Lipinski definition) is 9. The van der Waals surface area contributed by atoms with Gasteiger partial charge in [0.1, 0.15) is 25.4 Å². The van der Waals surface area contributed by atoms with Crippen LogP contribution in [0.5, 0.6) is 0 Å². The zero-order chi connectivity index (χ0) is 30.5. The molecule has 0 aliphatic carbocycles. The number of nitriles is 1. The van der Waals surface area contributed by atoms with Crippen LogP contribution in [0.25, 0.3) is 10.9 Å². The number of aromatic nitrogens is 5. The number of pyridine rings is 2. The lowest BCUT2D eigenvalue weighted by Gasteiger charge is -2.32. The number of fused-ring (bicyclic) bond motifs is 1. The number of sulfone groups is 1. The summed E-state index contributed by atoms with van der Waals surface area (Å²) in [7, 11) is 3.77. The molecular formula is C27H17BClF3N8O2S. The standard InChI is InChI=1S/C27H17BClF3N8O2S/c28-27(15-1-3-16(30)4-2-15,23-11-40(39-38-23)19-12-43(41,42)13-19)37-17-5-20-24(36-18-7-22(31)26(32)35-10-18)14(8-33)9-34-25(20)21(29)6-17/h1-7,9-11,19,37H,12-13H2,(H,34,36). The Morgan fingerprint density at radius 1 is 1.07 bits per heavy atom. The molecule has 1 unspecified atom stereocenters. The van der Waals surface area contributed by atoms with Crippen molar-refractivity contribution in [1.82, 2.24) is 25.0 Å². The van der Waals surface area contributed by atoms with E-state index in [9.17, 15) is 26.9 Å². The maximum atomic E-state index is 13.9. The molecule has 1 aliphatic heterocycles. The first-order valence-corrected chi connectivity index (χ1v) is 14.7. The van der Waals surface area contributed by atoms with Crippen molar-refractivity contribution in [2.45, 2.75) is 11.5 Å². The Morgan fingerprint density at radius 3 is 2.49 bits per heavy atom. The molecule has 4 heterocycles. The van der Waals surface area contributed by atoms with E-state index in [-0.39, 0.29) is 44.7 Å². The van der Waals surface area contributed by atoms with Crippen molar-refractivity contribution in [2.75, 3.05) is 22.1 Å². The molecule has 16 heteroatoms. The van der Waals surface area contributed by atoms with Crippen molar-refractivity contribution in [2.24, 2.45) is 0 Å². The molecule has 0 amide bonds. The Balaban J connectivity index is 1.45. The minimum Gasteiger partial charge on any atom is -0.378 e. The van der Waals surface area contributed by atoms with Crippen LogP contribution in [0.3, 0.4) is 0 Å². The van der Waals surface area contributed by atoms with Gasteiger partial charge in [0.05, 0.1) is 62.9 Å². The first kappa shape index (κ1) is 28.4. The summed E-state index contributed by atoms with van der Waals surface area (Å²) in [5.41, 5.74) is -0.147. The van der Waals surface area contributed by atoms with Gasteiger partial charge in [0.2, 0.25) is 5.95 Å². The number of rotatable bonds is 7. The third kappa shape index (κ3) is 5.35. The number of hydrogen-bond donors (Lipinski definition) is 2. The summed E-state index contributed by atoms with van der Waals surface area (Å²) in [5.74, 6) is -3.15. The molecule has 214 valence electrons. The fraction of sp³-hybridized carbons (Fsp3) is 0.148. The van der Waals surface area contributed by atoms with Crippen LogP contribution in [0, 0.1) is 28.9 Å². The van der Waals surface area contributed by atoms with Crippen LogP contribution in [-0.2, 0) is 15.3 Å². The second-order valence-corrected chi connectivity index (χ2v) is 12.4. The van der Waals surface area contributed by atoms with Crippen LogP contribution in [0.15, 0.2) is 61.1 Å². The molecule has 2 radical (unpaired) electrons. The highest BCUT2D eigenvalue weighted by atomic mass is 35.5. The predicted molar refractivity (Wildman–Crippen MR) is 153 cm³/mol. The monoisotopic (exact) mass is 620 g/mol. The van der Waals surface area contributed by atoms with Crippen LogP contribution in [-0.4, -0.2) is 52.7 Å². The summed E-state index contributed by atoms with van der Waals surface area (Å²) in [6.07, 6.45) is 3.85. The first-order chi connectivity index (χ1) is 20.5. The van der Waals surface area contributed by atoms with Gasteiger partial charge in [-0.3, -0.25) is 4.98 Å². The lowest BCUT2D eigenvalue weighted by Crippen LogP contribution is -2.39. The Bertz CT molecular complexity index is 2040. The minimum absolute atomic E-state index is 0.0616. The van der Waals surface area contributed by atoms with E-state index in [1.807, 2.05) is 6.07 Å². The number of benzene rings is 2. The minimum atomic E-state index is -3.14. The van der Waals surface area contributed by atoms with Gasteiger partial charge in [-0.05, 0) is 29.8 Å². The average molecular weight is 621 g/mol. The Kier molecular flexibility index (Phi) is 6.98. The van der Waals surface area contributed by atoms with E-state index in [0.29, 0.717) is 16.6 Å². The molecule has 10 nitrogen and oxygen atoms in total. The van der Waals surface area contributed by atoms with E-state index in [1.54, 1.807) is 6.07 Å². The quantitative estimate of drug-likeness (QED) is 0.201. The molecule has 0 saturated carbocycles. The van der Waals surface area contributed by atoms with E-state index in [1.165, 1.54) is 47.4 Å². The van der Waals surface area contributed by atoms with Gasteiger partial charge in [0.15, 0.2) is 15.7 Å². The highest BCUT2D eigenvalue weighted by Gasteiger charge is 2.38. The molecule has 1 fully saturated rings. The van der Waals surface area contributed by atoms with Crippen molar-refractivity contribution in [3.8, 4) is 6.07 Å². The third-order valence-corrected chi connectivity index (χ3v) is 9.01. The normalized spacial score (nSPS) is 15.8. The van der Waals surface area contributed by atoms with Crippen molar-refractivity contribution in [3.63, 3.8) is 0 Å². The Labute approximate surface area is 248 Å². The third-order valence-electron chi connectivity index (χ3n) is 6.93. The number of halogens is 4. The van der Waals surface area contributed by atoms with Gasteiger partial charge in [0.25, 0.3) is 0 Å². The Hall–Kier alpha value is -4.68. The maximum absolute atomic E-state index is 13.9. The summed E-state index contributed by atoms with van der Waals surface area (Å²) in [5, 5.41) is 24.6. The highest BCUT2D eigenvalue weighted by molar-refractivity contribution is 7.92. The zero-order valence-corrected chi connectivity index (χ0v) is 23.3. The van der Waals surface area contributed by atoms with Crippen LogP contribution >= 0.6 is 11.6 Å². The molecule has 1 saturated heterocycles. The molecular weight excluding hydrogens is 604 g/mol. The lowest BCUT2D eigenvalue weighted by molar-refractivity contribution is 0.463. The van der Waals surface area contributed by atoms with E-state index >= 15 is 0 Å². The van der Waals surface area contributed by atoms with Gasteiger partial charge in [0, 0.05) is 23.3 Å². The fourth-order valence-electron chi connectivity index (χ4n) is 4.74. The molecule has 0 spiro atoms. The molecule has 2 aromatic carbocycles. The first-order valence-electron chi connectivity index (χ1n) is 12.5. The Morgan fingerprint density at radius 2 is 1.81 bits per heavy atom. The molecule has 3 aromatic heterocycles. The van der Waals surface area contributed by atoms with E-state index < -0.39 is 38.9 Å². The molecule has 5 aromatic rings. The van der Waals surface area contributed by atoms with Gasteiger partial charge < -0.3 is 10.6 Å². The summed E-state index contributed by atoms with van der Waals surface area (Å²) in [6.45, 7) is 0. The van der Waals surface area contributed by atoms with Gasteiger partial charge in [-0.15, -0.1) is 5.10 Å². The largest absolute Gasteiger partial charge is 0.378 e. The van der Waals surface area contributed by atoms with E-state index in [4.69, 9.17) is 19.4 Å². The maximum Gasteiger partial charge on any atom is 0.249 e. The second kappa shape index (κ2) is 10.5. The SMILES string of the molecule is [B]C(Nc1cc(Cl)c2ncc(C#N)c(Nc3cnc(F)c(F)c3)c2c1)(c1ccc(F)cc1)c1cn(C2CS(=O)(=O)C2)nn1. The predicted octanol–water partition coefficient (Wildman–Crippen LogP) is 4.36. The fourth-order valence-corrected chi connectivity index (χ4v) is 6.38. The van der Waals surface area contributed by atoms with E-state index in [0.717, 1.165) is 12.3 Å². The second-order valence-electron chi connectivity index (χ2n) is 9.89. The van der Waals surface area contributed by atoms with Gasteiger partial charge in [-0.2, -0.15) is 9.65 Å². The molecule has 2 N–H and O–H groups in total. The molecule has 1 aliphatic rings. The highest BCUT2D eigenvalue weighted by Crippen LogP contribution is 2.38. The molecule has 0 bridgehead atoms. The zero-order valence-electron chi connectivity index (χ0n) is 21.8. The van der Waals surface area contributed by atoms with E-state index in [2.05, 4.69) is 30.9 Å². The van der Waals surface area contributed by atoms with Gasteiger partial charge in [-0.1, -0.05) is 28.9 Å². The van der Waals surface area contributed by atoms with Crippen LogP contribution in [0.4, 0.5) is 30.2 Å². The summed E-state index contributed by atoms with van der Waals surface area (Å²) in [6, 6.07) is 10.9.